The number of guanidine groups is 1. The number of amides is 1. The summed E-state index contributed by atoms with van der Waals surface area (Å²) in [5, 5.41) is 9.25. The quantitative estimate of drug-likeness (QED) is 0.508. The molecule has 1 amide bonds. The lowest BCUT2D eigenvalue weighted by Gasteiger charge is -2.12. The molecule has 0 bridgehead atoms. The summed E-state index contributed by atoms with van der Waals surface area (Å²) in [4.78, 5) is 16.2. The molecule has 1 aromatic rings. The highest BCUT2D eigenvalue weighted by atomic mass is 16.1. The first-order chi connectivity index (χ1) is 11.1. The van der Waals surface area contributed by atoms with E-state index >= 15 is 0 Å². The Hall–Kier alpha value is -2.04. The molecule has 0 unspecified atom stereocenters. The van der Waals surface area contributed by atoms with Gasteiger partial charge in [-0.25, -0.2) is 0 Å². The number of nitrogens with one attached hydrogen (secondary N) is 3. The Bertz CT molecular complexity index is 511. The number of nitrogens with zero attached hydrogens (tertiary/aromatic N) is 1. The number of rotatable bonds is 8. The third-order valence-corrected chi connectivity index (χ3v) is 3.44. The predicted molar refractivity (Wildman–Crippen MR) is 97.0 cm³/mol. The Kier molecular flexibility index (Phi) is 8.80. The fourth-order valence-corrected chi connectivity index (χ4v) is 2.11. The largest absolute Gasteiger partial charge is 0.357 e. The summed E-state index contributed by atoms with van der Waals surface area (Å²) in [5.41, 5.74) is 1.83. The Balaban J connectivity index is 2.51. The number of carbonyl (C=O) groups excluding carboxylic acids is 1. The van der Waals surface area contributed by atoms with Crippen molar-refractivity contribution in [1.82, 2.24) is 16.0 Å². The molecule has 0 saturated carbocycles. The summed E-state index contributed by atoms with van der Waals surface area (Å²) < 4.78 is 0. The van der Waals surface area contributed by atoms with Gasteiger partial charge in [-0.3, -0.25) is 9.79 Å². The lowest BCUT2D eigenvalue weighted by molar-refractivity contribution is 0.0963. The molecule has 0 aromatic heterocycles. The van der Waals surface area contributed by atoms with Gasteiger partial charge in [0.1, 0.15) is 0 Å². The zero-order valence-electron chi connectivity index (χ0n) is 14.8. The van der Waals surface area contributed by atoms with E-state index in [1.807, 2.05) is 24.3 Å². The molecule has 0 aliphatic heterocycles. The summed E-state index contributed by atoms with van der Waals surface area (Å²) in [6.07, 6.45) is 1.93. The summed E-state index contributed by atoms with van der Waals surface area (Å²) in [6, 6.07) is 7.72. The van der Waals surface area contributed by atoms with Gasteiger partial charge >= 0.3 is 0 Å². The number of hydrogen-bond donors (Lipinski definition) is 3. The molecule has 0 fully saturated rings. The van der Waals surface area contributed by atoms with Crippen molar-refractivity contribution in [2.24, 2.45) is 10.9 Å². The van der Waals surface area contributed by atoms with Crippen LogP contribution in [0.4, 0.5) is 0 Å². The summed E-state index contributed by atoms with van der Waals surface area (Å²) >= 11 is 0. The molecule has 0 heterocycles. The minimum absolute atomic E-state index is 0.0524. The van der Waals surface area contributed by atoms with Gasteiger partial charge in [-0.1, -0.05) is 26.0 Å². The van der Waals surface area contributed by atoms with Crippen LogP contribution in [0.15, 0.2) is 29.3 Å². The van der Waals surface area contributed by atoms with Gasteiger partial charge in [0, 0.05) is 32.2 Å². The average molecular weight is 318 g/mol. The molecule has 1 rings (SSSR count). The molecular formula is C18H30N4O. The van der Waals surface area contributed by atoms with Crippen molar-refractivity contribution in [3.8, 4) is 0 Å². The molecule has 0 atom stereocenters. The zero-order chi connectivity index (χ0) is 17.1. The molecule has 5 heteroatoms. The fraction of sp³-hybridized carbons (Fsp3) is 0.556. The van der Waals surface area contributed by atoms with E-state index in [1.54, 1.807) is 7.05 Å². The number of aliphatic imine (C=N–C) groups is 1. The van der Waals surface area contributed by atoms with Gasteiger partial charge in [0.2, 0.25) is 0 Å². The van der Waals surface area contributed by atoms with E-state index in [-0.39, 0.29) is 5.91 Å². The first-order valence-corrected chi connectivity index (χ1v) is 8.40. The summed E-state index contributed by atoms with van der Waals surface area (Å²) in [7, 11) is 1.65. The second-order valence-corrected chi connectivity index (χ2v) is 5.90. The molecule has 3 N–H and O–H groups in total. The third kappa shape index (κ3) is 7.68. The second-order valence-electron chi connectivity index (χ2n) is 5.90. The standard InChI is InChI=1S/C18H30N4O/c1-5-20-18(21-11-9-14(2)3)22-12-10-15-7-6-8-16(13-15)17(23)19-4/h6-8,13-14H,5,9-12H2,1-4H3,(H,19,23)(H2,20,21,22). The van der Waals surface area contributed by atoms with Crippen molar-refractivity contribution < 1.29 is 4.79 Å². The van der Waals surface area contributed by atoms with Crippen molar-refractivity contribution in [3.05, 3.63) is 35.4 Å². The van der Waals surface area contributed by atoms with Crippen LogP contribution in [0.5, 0.6) is 0 Å². The Labute approximate surface area is 140 Å². The van der Waals surface area contributed by atoms with E-state index in [0.29, 0.717) is 11.5 Å². The van der Waals surface area contributed by atoms with Crippen molar-refractivity contribution >= 4 is 11.9 Å². The van der Waals surface area contributed by atoms with Crippen LogP contribution in [0.1, 0.15) is 43.1 Å². The van der Waals surface area contributed by atoms with E-state index < -0.39 is 0 Å². The SMILES string of the molecule is CCNC(=NCCC(C)C)NCCc1cccc(C(=O)NC)c1. The predicted octanol–water partition coefficient (Wildman–Crippen LogP) is 2.19. The summed E-state index contributed by atoms with van der Waals surface area (Å²) in [5.74, 6) is 1.47. The van der Waals surface area contributed by atoms with E-state index in [2.05, 4.69) is 41.7 Å². The zero-order valence-corrected chi connectivity index (χ0v) is 14.8. The maximum absolute atomic E-state index is 11.7. The van der Waals surface area contributed by atoms with Crippen LogP contribution in [0.25, 0.3) is 0 Å². The van der Waals surface area contributed by atoms with Crippen LogP contribution >= 0.6 is 0 Å². The molecule has 5 nitrogen and oxygen atoms in total. The lowest BCUT2D eigenvalue weighted by Crippen LogP contribution is -2.38. The highest BCUT2D eigenvalue weighted by molar-refractivity contribution is 5.94. The monoisotopic (exact) mass is 318 g/mol. The molecule has 0 aliphatic carbocycles. The van der Waals surface area contributed by atoms with Crippen molar-refractivity contribution in [2.75, 3.05) is 26.7 Å². The van der Waals surface area contributed by atoms with Crippen molar-refractivity contribution in [2.45, 2.75) is 33.6 Å². The van der Waals surface area contributed by atoms with Crippen LogP contribution in [0, 0.1) is 5.92 Å². The normalized spacial score (nSPS) is 11.4. The van der Waals surface area contributed by atoms with Gasteiger partial charge < -0.3 is 16.0 Å². The third-order valence-electron chi connectivity index (χ3n) is 3.44. The molecule has 1 aromatic carbocycles. The first-order valence-electron chi connectivity index (χ1n) is 8.40. The van der Waals surface area contributed by atoms with E-state index in [0.717, 1.165) is 44.0 Å². The van der Waals surface area contributed by atoms with E-state index in [1.165, 1.54) is 0 Å². The molecule has 0 aliphatic rings. The molecule has 0 saturated heterocycles. The van der Waals surface area contributed by atoms with Gasteiger partial charge in [0.25, 0.3) is 5.91 Å². The summed E-state index contributed by atoms with van der Waals surface area (Å²) in [6.45, 7) is 8.93. The fourth-order valence-electron chi connectivity index (χ4n) is 2.11. The smallest absolute Gasteiger partial charge is 0.251 e. The van der Waals surface area contributed by atoms with Crippen molar-refractivity contribution in [1.29, 1.82) is 0 Å². The molecule has 23 heavy (non-hydrogen) atoms. The van der Waals surface area contributed by atoms with Crippen LogP contribution in [0.2, 0.25) is 0 Å². The van der Waals surface area contributed by atoms with Crippen LogP contribution in [-0.4, -0.2) is 38.5 Å². The van der Waals surface area contributed by atoms with Gasteiger partial charge in [-0.15, -0.1) is 0 Å². The molecule has 0 spiro atoms. The minimum atomic E-state index is -0.0524. The van der Waals surface area contributed by atoms with Gasteiger partial charge in [-0.05, 0) is 43.4 Å². The van der Waals surface area contributed by atoms with Gasteiger partial charge in [0.05, 0.1) is 0 Å². The minimum Gasteiger partial charge on any atom is -0.357 e. The van der Waals surface area contributed by atoms with Gasteiger partial charge in [0.15, 0.2) is 5.96 Å². The number of benzene rings is 1. The average Bonchev–Trinajstić information content (AvgIpc) is 2.54. The highest BCUT2D eigenvalue weighted by Crippen LogP contribution is 2.05. The van der Waals surface area contributed by atoms with Gasteiger partial charge in [-0.2, -0.15) is 0 Å². The van der Waals surface area contributed by atoms with Crippen LogP contribution in [0.3, 0.4) is 0 Å². The Morgan fingerprint density at radius 3 is 2.70 bits per heavy atom. The van der Waals surface area contributed by atoms with E-state index in [4.69, 9.17) is 0 Å². The molecule has 0 radical (unpaired) electrons. The van der Waals surface area contributed by atoms with Crippen LogP contribution in [-0.2, 0) is 6.42 Å². The number of carbonyl (C=O) groups is 1. The van der Waals surface area contributed by atoms with Crippen molar-refractivity contribution in [3.63, 3.8) is 0 Å². The Morgan fingerprint density at radius 1 is 1.26 bits per heavy atom. The lowest BCUT2D eigenvalue weighted by atomic mass is 10.1. The Morgan fingerprint density at radius 2 is 2.04 bits per heavy atom. The maximum Gasteiger partial charge on any atom is 0.251 e. The molecule has 128 valence electrons. The van der Waals surface area contributed by atoms with Crippen LogP contribution < -0.4 is 16.0 Å². The topological polar surface area (TPSA) is 65.5 Å². The highest BCUT2D eigenvalue weighted by Gasteiger charge is 2.04. The second kappa shape index (κ2) is 10.6. The first kappa shape index (κ1) is 19.0. The molecular weight excluding hydrogens is 288 g/mol. The maximum atomic E-state index is 11.7. The number of hydrogen-bond acceptors (Lipinski definition) is 2. The van der Waals surface area contributed by atoms with E-state index in [9.17, 15) is 4.79 Å².